The summed E-state index contributed by atoms with van der Waals surface area (Å²) in [7, 11) is 0. The summed E-state index contributed by atoms with van der Waals surface area (Å²) in [6.07, 6.45) is 0.978. The van der Waals surface area contributed by atoms with Crippen molar-refractivity contribution in [3.8, 4) is 5.75 Å². The van der Waals surface area contributed by atoms with Crippen LogP contribution in [0.3, 0.4) is 0 Å². The minimum absolute atomic E-state index is 0.685. The number of nitrogen functional groups attached to an aromatic ring is 1. The summed E-state index contributed by atoms with van der Waals surface area (Å²) in [6.45, 7) is 3.59. The molecule has 0 aliphatic carbocycles. The van der Waals surface area contributed by atoms with Crippen LogP contribution in [0.5, 0.6) is 5.75 Å². The Balaban J connectivity index is 2.00. The van der Waals surface area contributed by atoms with E-state index in [1.54, 1.807) is 11.3 Å². The average molecular weight is 262 g/mol. The smallest absolute Gasteiger partial charge is 0.144 e. The van der Waals surface area contributed by atoms with Crippen LogP contribution in [-0.2, 0) is 6.54 Å². The van der Waals surface area contributed by atoms with Crippen LogP contribution in [0.2, 0.25) is 0 Å². The Labute approximate surface area is 112 Å². The van der Waals surface area contributed by atoms with Crippen LogP contribution in [-0.4, -0.2) is 6.61 Å². The first-order valence-corrected chi connectivity index (χ1v) is 7.01. The van der Waals surface area contributed by atoms with Crippen molar-refractivity contribution in [2.24, 2.45) is 0 Å². The van der Waals surface area contributed by atoms with Gasteiger partial charge in [-0.1, -0.05) is 6.92 Å². The fourth-order valence-electron chi connectivity index (χ4n) is 1.58. The van der Waals surface area contributed by atoms with Gasteiger partial charge in [0.1, 0.15) is 5.75 Å². The Kier molecular flexibility index (Phi) is 4.47. The second-order valence-electron chi connectivity index (χ2n) is 4.09. The topological polar surface area (TPSA) is 47.3 Å². The lowest BCUT2D eigenvalue weighted by Gasteiger charge is -2.11. The number of benzene rings is 1. The van der Waals surface area contributed by atoms with Gasteiger partial charge in [0.15, 0.2) is 0 Å². The summed E-state index contributed by atoms with van der Waals surface area (Å²) in [4.78, 5) is 0. The van der Waals surface area contributed by atoms with Gasteiger partial charge >= 0.3 is 0 Å². The van der Waals surface area contributed by atoms with Crippen molar-refractivity contribution in [2.45, 2.75) is 19.9 Å². The predicted octanol–water partition coefficient (Wildman–Crippen LogP) is 3.73. The molecule has 96 valence electrons. The molecular weight excluding hydrogens is 244 g/mol. The number of thiophene rings is 1. The number of nitrogens with one attached hydrogen (secondary N) is 1. The van der Waals surface area contributed by atoms with Gasteiger partial charge in [-0.25, -0.2) is 0 Å². The first-order chi connectivity index (χ1) is 8.79. The maximum Gasteiger partial charge on any atom is 0.144 e. The minimum Gasteiger partial charge on any atom is -0.491 e. The summed E-state index contributed by atoms with van der Waals surface area (Å²) in [6, 6.07) is 7.92. The highest BCUT2D eigenvalue weighted by molar-refractivity contribution is 7.07. The largest absolute Gasteiger partial charge is 0.491 e. The van der Waals surface area contributed by atoms with E-state index in [0.29, 0.717) is 12.3 Å². The monoisotopic (exact) mass is 262 g/mol. The second kappa shape index (κ2) is 6.31. The number of hydrogen-bond donors (Lipinski definition) is 2. The molecular formula is C14H18N2OS. The van der Waals surface area contributed by atoms with Crippen molar-refractivity contribution in [3.05, 3.63) is 40.6 Å². The molecule has 0 saturated heterocycles. The summed E-state index contributed by atoms with van der Waals surface area (Å²) in [5, 5.41) is 7.58. The molecule has 0 radical (unpaired) electrons. The molecule has 0 amide bonds. The third-order valence-electron chi connectivity index (χ3n) is 2.55. The van der Waals surface area contributed by atoms with Crippen LogP contribution in [0.15, 0.2) is 35.0 Å². The van der Waals surface area contributed by atoms with E-state index in [9.17, 15) is 0 Å². The molecule has 2 rings (SSSR count). The van der Waals surface area contributed by atoms with Gasteiger partial charge in [0.25, 0.3) is 0 Å². The third-order valence-corrected chi connectivity index (χ3v) is 3.28. The average Bonchev–Trinajstić information content (AvgIpc) is 2.89. The zero-order valence-electron chi connectivity index (χ0n) is 10.5. The second-order valence-corrected chi connectivity index (χ2v) is 4.87. The summed E-state index contributed by atoms with van der Waals surface area (Å²) >= 11 is 1.71. The zero-order valence-corrected chi connectivity index (χ0v) is 11.3. The van der Waals surface area contributed by atoms with Gasteiger partial charge < -0.3 is 15.8 Å². The molecule has 0 saturated carbocycles. The van der Waals surface area contributed by atoms with E-state index in [1.807, 2.05) is 18.2 Å². The van der Waals surface area contributed by atoms with Gasteiger partial charge in [-0.2, -0.15) is 11.3 Å². The Hall–Kier alpha value is -1.68. The highest BCUT2D eigenvalue weighted by Gasteiger charge is 2.02. The van der Waals surface area contributed by atoms with Gasteiger partial charge in [-0.3, -0.25) is 0 Å². The molecule has 0 fully saturated rings. The molecule has 2 aromatic rings. The number of hydrogen-bond acceptors (Lipinski definition) is 4. The SMILES string of the molecule is CCCOc1cc(NCc2ccsc2)ccc1N. The van der Waals surface area contributed by atoms with Crippen molar-refractivity contribution in [1.29, 1.82) is 0 Å². The first kappa shape index (κ1) is 12.8. The lowest BCUT2D eigenvalue weighted by molar-refractivity contribution is 0.319. The van der Waals surface area contributed by atoms with Crippen molar-refractivity contribution in [1.82, 2.24) is 0 Å². The molecule has 4 heteroatoms. The maximum atomic E-state index is 5.87. The van der Waals surface area contributed by atoms with Gasteiger partial charge in [0, 0.05) is 18.3 Å². The van der Waals surface area contributed by atoms with Gasteiger partial charge in [-0.05, 0) is 40.9 Å². The van der Waals surface area contributed by atoms with Crippen molar-refractivity contribution < 1.29 is 4.74 Å². The van der Waals surface area contributed by atoms with Crippen molar-refractivity contribution in [2.75, 3.05) is 17.7 Å². The maximum absolute atomic E-state index is 5.87. The highest BCUT2D eigenvalue weighted by atomic mass is 32.1. The van der Waals surface area contributed by atoms with E-state index >= 15 is 0 Å². The number of ether oxygens (including phenoxy) is 1. The third kappa shape index (κ3) is 3.40. The molecule has 1 aromatic heterocycles. The van der Waals surface area contributed by atoms with Gasteiger partial charge in [-0.15, -0.1) is 0 Å². The Morgan fingerprint density at radius 2 is 2.22 bits per heavy atom. The van der Waals surface area contributed by atoms with E-state index in [1.165, 1.54) is 5.56 Å². The fraction of sp³-hybridized carbons (Fsp3) is 0.286. The summed E-state index contributed by atoms with van der Waals surface area (Å²) < 4.78 is 5.60. The molecule has 1 heterocycles. The molecule has 1 aromatic carbocycles. The Morgan fingerprint density at radius 1 is 1.33 bits per heavy atom. The van der Waals surface area contributed by atoms with Crippen LogP contribution >= 0.6 is 11.3 Å². The van der Waals surface area contributed by atoms with E-state index in [2.05, 4.69) is 29.1 Å². The number of nitrogens with two attached hydrogens (primary N) is 1. The highest BCUT2D eigenvalue weighted by Crippen LogP contribution is 2.26. The van der Waals surface area contributed by atoms with E-state index in [-0.39, 0.29) is 0 Å². The van der Waals surface area contributed by atoms with Crippen LogP contribution in [0, 0.1) is 0 Å². The molecule has 18 heavy (non-hydrogen) atoms. The van der Waals surface area contributed by atoms with Crippen molar-refractivity contribution in [3.63, 3.8) is 0 Å². The molecule has 0 aliphatic heterocycles. The van der Waals surface area contributed by atoms with Crippen molar-refractivity contribution >= 4 is 22.7 Å². The molecule has 0 unspecified atom stereocenters. The predicted molar refractivity (Wildman–Crippen MR) is 78.3 cm³/mol. The van der Waals surface area contributed by atoms with Crippen LogP contribution < -0.4 is 15.8 Å². The molecule has 3 N–H and O–H groups in total. The zero-order chi connectivity index (χ0) is 12.8. The van der Waals surface area contributed by atoms with E-state index < -0.39 is 0 Å². The standard InChI is InChI=1S/C14H18N2OS/c1-2-6-17-14-8-12(3-4-13(14)15)16-9-11-5-7-18-10-11/h3-5,7-8,10,16H,2,6,9,15H2,1H3. The van der Waals surface area contributed by atoms with E-state index in [4.69, 9.17) is 10.5 Å². The summed E-state index contributed by atoms with van der Waals surface area (Å²) in [5.41, 5.74) is 8.87. The fourth-order valence-corrected chi connectivity index (χ4v) is 2.25. The van der Waals surface area contributed by atoms with Gasteiger partial charge in [0.05, 0.1) is 12.3 Å². The molecule has 0 aliphatic rings. The van der Waals surface area contributed by atoms with E-state index in [0.717, 1.165) is 24.4 Å². The first-order valence-electron chi connectivity index (χ1n) is 6.07. The lowest BCUT2D eigenvalue weighted by atomic mass is 10.2. The van der Waals surface area contributed by atoms with Gasteiger partial charge in [0.2, 0.25) is 0 Å². The normalized spacial score (nSPS) is 10.3. The number of rotatable bonds is 6. The number of anilines is 2. The molecule has 0 spiro atoms. The summed E-state index contributed by atoms with van der Waals surface area (Å²) in [5.74, 6) is 0.757. The Bertz CT molecular complexity index is 483. The Morgan fingerprint density at radius 3 is 2.94 bits per heavy atom. The molecule has 0 atom stereocenters. The minimum atomic E-state index is 0.685. The van der Waals surface area contributed by atoms with Crippen LogP contribution in [0.25, 0.3) is 0 Å². The quantitative estimate of drug-likeness (QED) is 0.780. The van der Waals surface area contributed by atoms with Crippen LogP contribution in [0.1, 0.15) is 18.9 Å². The molecule has 3 nitrogen and oxygen atoms in total. The molecule has 0 bridgehead atoms. The van der Waals surface area contributed by atoms with Crippen LogP contribution in [0.4, 0.5) is 11.4 Å². The lowest BCUT2D eigenvalue weighted by Crippen LogP contribution is -2.02.